The molecule has 0 aliphatic carbocycles. The van der Waals surface area contributed by atoms with Gasteiger partial charge in [0.25, 0.3) is 0 Å². The first-order valence-electron chi connectivity index (χ1n) is 3.61. The smallest absolute Gasteiger partial charge is 0.206 e. The lowest BCUT2D eigenvalue weighted by Crippen LogP contribution is -2.03. The molecule has 0 fully saturated rings. The van der Waals surface area contributed by atoms with Gasteiger partial charge in [0.15, 0.2) is 0 Å². The Bertz CT molecular complexity index is 258. The van der Waals surface area contributed by atoms with Crippen molar-refractivity contribution < 1.29 is 4.79 Å². The lowest BCUT2D eigenvalue weighted by Gasteiger charge is -2.00. The van der Waals surface area contributed by atoms with E-state index < -0.39 is 0 Å². The van der Waals surface area contributed by atoms with Crippen molar-refractivity contribution in [3.8, 4) is 0 Å². The number of carbonyl (C=O) groups is 1. The Morgan fingerprint density at radius 2 is 2.00 bits per heavy atom. The van der Waals surface area contributed by atoms with Crippen LogP contribution in [0.25, 0.3) is 0 Å². The standard InChI is InChI=1S/C9H9IOS/c1-7(10)9(11)12-8-5-3-2-4-6-8/h2-7H,1H3. The van der Waals surface area contributed by atoms with Crippen molar-refractivity contribution in [1.29, 1.82) is 0 Å². The van der Waals surface area contributed by atoms with Gasteiger partial charge in [-0.3, -0.25) is 4.79 Å². The summed E-state index contributed by atoms with van der Waals surface area (Å²) < 4.78 is 0.0767. The van der Waals surface area contributed by atoms with Crippen LogP contribution in [-0.2, 0) is 4.79 Å². The number of alkyl halides is 1. The number of halogens is 1. The molecule has 12 heavy (non-hydrogen) atoms. The van der Waals surface area contributed by atoms with Crippen molar-refractivity contribution in [3.05, 3.63) is 30.3 Å². The van der Waals surface area contributed by atoms with Crippen LogP contribution in [0, 0.1) is 0 Å². The molecule has 1 aromatic carbocycles. The molecule has 0 aromatic heterocycles. The zero-order valence-corrected chi connectivity index (χ0v) is 9.63. The molecule has 1 atom stereocenters. The van der Waals surface area contributed by atoms with Crippen LogP contribution in [0.4, 0.5) is 0 Å². The second-order valence-corrected chi connectivity index (χ2v) is 5.30. The van der Waals surface area contributed by atoms with Gasteiger partial charge >= 0.3 is 0 Å². The number of hydrogen-bond donors (Lipinski definition) is 0. The lowest BCUT2D eigenvalue weighted by atomic mass is 10.4. The third-order valence-electron chi connectivity index (χ3n) is 1.29. The third kappa shape index (κ3) is 3.15. The Morgan fingerprint density at radius 1 is 1.42 bits per heavy atom. The molecule has 0 aliphatic heterocycles. The van der Waals surface area contributed by atoms with E-state index in [1.54, 1.807) is 0 Å². The average Bonchev–Trinajstić information content (AvgIpc) is 2.06. The molecule has 0 heterocycles. The minimum atomic E-state index is 0.0767. The second kappa shape index (κ2) is 4.87. The van der Waals surface area contributed by atoms with Gasteiger partial charge in [0.2, 0.25) is 5.12 Å². The van der Waals surface area contributed by atoms with Crippen molar-refractivity contribution in [1.82, 2.24) is 0 Å². The van der Waals surface area contributed by atoms with Crippen LogP contribution in [0.5, 0.6) is 0 Å². The molecular weight excluding hydrogens is 283 g/mol. The largest absolute Gasteiger partial charge is 0.286 e. The molecule has 0 aliphatic rings. The molecule has 0 radical (unpaired) electrons. The number of benzene rings is 1. The van der Waals surface area contributed by atoms with Crippen molar-refractivity contribution >= 4 is 39.5 Å². The summed E-state index contributed by atoms with van der Waals surface area (Å²) in [6, 6.07) is 9.71. The molecule has 1 aromatic rings. The van der Waals surface area contributed by atoms with Gasteiger partial charge in [0.1, 0.15) is 0 Å². The highest BCUT2D eigenvalue weighted by molar-refractivity contribution is 14.1. The van der Waals surface area contributed by atoms with Gasteiger partial charge in [0, 0.05) is 4.90 Å². The molecule has 0 N–H and O–H groups in total. The minimum Gasteiger partial charge on any atom is -0.286 e. The van der Waals surface area contributed by atoms with Crippen molar-refractivity contribution in [3.63, 3.8) is 0 Å². The van der Waals surface area contributed by atoms with Gasteiger partial charge in [-0.25, -0.2) is 0 Å². The van der Waals surface area contributed by atoms with Crippen LogP contribution < -0.4 is 0 Å². The molecule has 0 spiro atoms. The number of thioether (sulfide) groups is 1. The Balaban J connectivity index is 2.59. The first-order chi connectivity index (χ1) is 5.70. The predicted octanol–water partition coefficient (Wildman–Crippen LogP) is 3.13. The van der Waals surface area contributed by atoms with Gasteiger partial charge < -0.3 is 0 Å². The van der Waals surface area contributed by atoms with Crippen LogP contribution in [0.1, 0.15) is 6.92 Å². The zero-order valence-electron chi connectivity index (χ0n) is 6.66. The van der Waals surface area contributed by atoms with E-state index in [0.29, 0.717) is 0 Å². The topological polar surface area (TPSA) is 17.1 Å². The lowest BCUT2D eigenvalue weighted by molar-refractivity contribution is -0.110. The fourth-order valence-electron chi connectivity index (χ4n) is 0.686. The summed E-state index contributed by atoms with van der Waals surface area (Å²) in [4.78, 5) is 12.3. The third-order valence-corrected chi connectivity index (χ3v) is 3.34. The van der Waals surface area contributed by atoms with Crippen LogP contribution >= 0.6 is 34.4 Å². The van der Waals surface area contributed by atoms with Gasteiger partial charge in [-0.2, -0.15) is 0 Å². The number of carbonyl (C=O) groups excluding carboxylic acids is 1. The van der Waals surface area contributed by atoms with E-state index >= 15 is 0 Å². The van der Waals surface area contributed by atoms with Gasteiger partial charge in [-0.15, -0.1) is 0 Å². The van der Waals surface area contributed by atoms with E-state index in [1.807, 2.05) is 37.3 Å². The molecule has 0 bridgehead atoms. The highest BCUT2D eigenvalue weighted by Crippen LogP contribution is 2.21. The summed E-state index contributed by atoms with van der Waals surface area (Å²) in [5.74, 6) is 0. The number of hydrogen-bond acceptors (Lipinski definition) is 2. The van der Waals surface area contributed by atoms with E-state index in [4.69, 9.17) is 0 Å². The molecule has 1 rings (SSSR count). The van der Waals surface area contributed by atoms with Gasteiger partial charge in [-0.05, 0) is 19.1 Å². The Labute approximate surface area is 90.1 Å². The van der Waals surface area contributed by atoms with Crippen molar-refractivity contribution in [2.45, 2.75) is 15.7 Å². The van der Waals surface area contributed by atoms with E-state index in [-0.39, 0.29) is 9.04 Å². The summed E-state index contributed by atoms with van der Waals surface area (Å²) in [7, 11) is 0. The minimum absolute atomic E-state index is 0.0767. The summed E-state index contributed by atoms with van der Waals surface area (Å²) in [6.07, 6.45) is 0. The second-order valence-electron chi connectivity index (χ2n) is 2.35. The van der Waals surface area contributed by atoms with Crippen LogP contribution in [0.2, 0.25) is 0 Å². The summed E-state index contributed by atoms with van der Waals surface area (Å²) in [5.41, 5.74) is 0. The average molecular weight is 292 g/mol. The molecule has 3 heteroatoms. The molecule has 64 valence electrons. The monoisotopic (exact) mass is 292 g/mol. The molecule has 0 saturated carbocycles. The highest BCUT2D eigenvalue weighted by atomic mass is 127. The molecular formula is C9H9IOS. The van der Waals surface area contributed by atoms with E-state index in [9.17, 15) is 4.79 Å². The Kier molecular flexibility index (Phi) is 4.08. The highest BCUT2D eigenvalue weighted by Gasteiger charge is 2.09. The van der Waals surface area contributed by atoms with Crippen LogP contribution in [0.3, 0.4) is 0 Å². The van der Waals surface area contributed by atoms with Crippen LogP contribution in [0.15, 0.2) is 35.2 Å². The summed E-state index contributed by atoms with van der Waals surface area (Å²) in [5, 5.41) is 0.210. The summed E-state index contributed by atoms with van der Waals surface area (Å²) >= 11 is 3.43. The maximum absolute atomic E-state index is 11.3. The fraction of sp³-hybridized carbons (Fsp3) is 0.222. The normalized spacial score (nSPS) is 12.5. The van der Waals surface area contributed by atoms with Crippen molar-refractivity contribution in [2.75, 3.05) is 0 Å². The van der Waals surface area contributed by atoms with Crippen LogP contribution in [-0.4, -0.2) is 9.04 Å². The first-order valence-corrected chi connectivity index (χ1v) is 5.67. The van der Waals surface area contributed by atoms with E-state index in [0.717, 1.165) is 4.90 Å². The fourth-order valence-corrected chi connectivity index (χ4v) is 1.76. The zero-order chi connectivity index (χ0) is 8.97. The SMILES string of the molecule is CC(I)C(=O)Sc1ccccc1. The molecule has 0 amide bonds. The molecule has 0 saturated heterocycles. The first kappa shape index (κ1) is 10.1. The predicted molar refractivity (Wildman–Crippen MR) is 60.8 cm³/mol. The Morgan fingerprint density at radius 3 is 2.50 bits per heavy atom. The quantitative estimate of drug-likeness (QED) is 0.473. The number of rotatable bonds is 2. The van der Waals surface area contributed by atoms with Gasteiger partial charge in [-0.1, -0.05) is 52.6 Å². The maximum atomic E-state index is 11.3. The van der Waals surface area contributed by atoms with E-state index in [1.165, 1.54) is 11.8 Å². The Hall–Kier alpha value is -0.0300. The summed E-state index contributed by atoms with van der Waals surface area (Å²) in [6.45, 7) is 1.90. The molecule has 1 nitrogen and oxygen atoms in total. The maximum Gasteiger partial charge on any atom is 0.206 e. The van der Waals surface area contributed by atoms with E-state index in [2.05, 4.69) is 22.6 Å². The molecule has 1 unspecified atom stereocenters. The van der Waals surface area contributed by atoms with Gasteiger partial charge in [0.05, 0.1) is 3.92 Å². The van der Waals surface area contributed by atoms with Crippen molar-refractivity contribution in [2.24, 2.45) is 0 Å².